The lowest BCUT2D eigenvalue weighted by molar-refractivity contribution is -0.137. The standard InChI is InChI=1S/C13H16F3NO2.ClH/c14-13(15,16)9-1-2-11(18)10(7-9)12(17)8-3-5-19-6-4-8;/h1-2,7-8,12,18H,3-6,17H2;1H/t12-;/m0./s1. The van der Waals surface area contributed by atoms with E-state index in [2.05, 4.69) is 0 Å². The summed E-state index contributed by atoms with van der Waals surface area (Å²) in [5, 5.41) is 9.72. The van der Waals surface area contributed by atoms with Gasteiger partial charge in [0.2, 0.25) is 0 Å². The molecule has 7 heteroatoms. The van der Waals surface area contributed by atoms with Crippen molar-refractivity contribution in [2.45, 2.75) is 25.1 Å². The van der Waals surface area contributed by atoms with Crippen LogP contribution in [0.2, 0.25) is 0 Å². The molecular weight excluding hydrogens is 295 g/mol. The third-order valence-corrected chi connectivity index (χ3v) is 3.49. The van der Waals surface area contributed by atoms with Crippen LogP contribution in [-0.2, 0) is 10.9 Å². The van der Waals surface area contributed by atoms with Crippen LogP contribution in [0.25, 0.3) is 0 Å². The lowest BCUT2D eigenvalue weighted by Gasteiger charge is -2.28. The zero-order valence-corrected chi connectivity index (χ0v) is 11.5. The average molecular weight is 312 g/mol. The first-order chi connectivity index (χ1) is 8.89. The molecule has 2 rings (SSSR count). The second kappa shape index (κ2) is 6.65. The summed E-state index contributed by atoms with van der Waals surface area (Å²) in [5.41, 5.74) is 5.37. The van der Waals surface area contributed by atoms with E-state index in [0.29, 0.717) is 26.1 Å². The number of ether oxygens (including phenoxy) is 1. The molecule has 0 radical (unpaired) electrons. The van der Waals surface area contributed by atoms with Crippen molar-refractivity contribution in [3.63, 3.8) is 0 Å². The molecule has 20 heavy (non-hydrogen) atoms. The number of hydrogen-bond acceptors (Lipinski definition) is 3. The van der Waals surface area contributed by atoms with Crippen molar-refractivity contribution >= 4 is 12.4 Å². The normalized spacial score (nSPS) is 18.4. The molecule has 0 unspecified atom stereocenters. The van der Waals surface area contributed by atoms with E-state index in [4.69, 9.17) is 10.5 Å². The summed E-state index contributed by atoms with van der Waals surface area (Å²) in [4.78, 5) is 0. The number of phenolic OH excluding ortho intramolecular Hbond substituents is 1. The van der Waals surface area contributed by atoms with E-state index in [1.54, 1.807) is 0 Å². The van der Waals surface area contributed by atoms with Crippen LogP contribution in [0, 0.1) is 5.92 Å². The van der Waals surface area contributed by atoms with Crippen molar-refractivity contribution in [2.24, 2.45) is 11.7 Å². The van der Waals surface area contributed by atoms with Crippen LogP contribution in [0.4, 0.5) is 13.2 Å². The predicted molar refractivity (Wildman–Crippen MR) is 70.8 cm³/mol. The highest BCUT2D eigenvalue weighted by molar-refractivity contribution is 5.85. The van der Waals surface area contributed by atoms with Gasteiger partial charge in [-0.05, 0) is 37.0 Å². The van der Waals surface area contributed by atoms with Crippen LogP contribution >= 0.6 is 12.4 Å². The molecule has 1 atom stereocenters. The Morgan fingerprint density at radius 3 is 2.40 bits per heavy atom. The van der Waals surface area contributed by atoms with E-state index >= 15 is 0 Å². The summed E-state index contributed by atoms with van der Waals surface area (Å²) in [7, 11) is 0. The molecule has 3 nitrogen and oxygen atoms in total. The summed E-state index contributed by atoms with van der Waals surface area (Å²) in [6, 6.07) is 2.24. The third kappa shape index (κ3) is 3.77. The van der Waals surface area contributed by atoms with Crippen molar-refractivity contribution in [3.8, 4) is 5.75 Å². The van der Waals surface area contributed by atoms with E-state index in [9.17, 15) is 18.3 Å². The van der Waals surface area contributed by atoms with Crippen LogP contribution in [0.1, 0.15) is 30.0 Å². The SMILES string of the molecule is Cl.N[C@H](c1cc(C(F)(F)F)ccc1O)C1CCOCC1. The van der Waals surface area contributed by atoms with E-state index in [0.717, 1.165) is 18.2 Å². The van der Waals surface area contributed by atoms with Gasteiger partial charge >= 0.3 is 6.18 Å². The number of nitrogens with two attached hydrogens (primary N) is 1. The van der Waals surface area contributed by atoms with Gasteiger partial charge in [-0.2, -0.15) is 13.2 Å². The van der Waals surface area contributed by atoms with Gasteiger partial charge in [0, 0.05) is 24.8 Å². The first-order valence-corrected chi connectivity index (χ1v) is 6.13. The summed E-state index contributed by atoms with van der Waals surface area (Å²) < 4.78 is 43.2. The highest BCUT2D eigenvalue weighted by Gasteiger charge is 2.32. The molecule has 0 amide bonds. The highest BCUT2D eigenvalue weighted by Crippen LogP contribution is 2.37. The molecule has 1 fully saturated rings. The monoisotopic (exact) mass is 311 g/mol. The molecule has 1 aromatic rings. The largest absolute Gasteiger partial charge is 0.508 e. The van der Waals surface area contributed by atoms with Crippen molar-refractivity contribution in [1.82, 2.24) is 0 Å². The van der Waals surface area contributed by atoms with Crippen LogP contribution < -0.4 is 5.73 Å². The number of alkyl halides is 3. The fraction of sp³-hybridized carbons (Fsp3) is 0.538. The van der Waals surface area contributed by atoms with Crippen molar-refractivity contribution < 1.29 is 23.0 Å². The molecule has 1 aliphatic heterocycles. The molecule has 0 saturated carbocycles. The van der Waals surface area contributed by atoms with Crippen LogP contribution in [-0.4, -0.2) is 18.3 Å². The maximum Gasteiger partial charge on any atom is 0.416 e. The molecule has 0 aromatic heterocycles. The minimum atomic E-state index is -4.43. The number of phenols is 1. The van der Waals surface area contributed by atoms with Crippen molar-refractivity contribution in [3.05, 3.63) is 29.3 Å². The van der Waals surface area contributed by atoms with Crippen LogP contribution in [0.15, 0.2) is 18.2 Å². The predicted octanol–water partition coefficient (Wildman–Crippen LogP) is 3.26. The minimum Gasteiger partial charge on any atom is -0.508 e. The first-order valence-electron chi connectivity index (χ1n) is 6.13. The van der Waals surface area contributed by atoms with Crippen molar-refractivity contribution in [2.75, 3.05) is 13.2 Å². The smallest absolute Gasteiger partial charge is 0.416 e. The van der Waals surface area contributed by atoms with Gasteiger partial charge in [0.15, 0.2) is 0 Å². The molecule has 0 aliphatic carbocycles. The Bertz CT molecular complexity index is 448. The number of halogens is 4. The quantitative estimate of drug-likeness (QED) is 0.881. The Morgan fingerprint density at radius 2 is 1.85 bits per heavy atom. The number of benzene rings is 1. The average Bonchev–Trinajstić information content (AvgIpc) is 2.38. The Hall–Kier alpha value is -0.980. The maximum atomic E-state index is 12.7. The lowest BCUT2D eigenvalue weighted by atomic mass is 9.87. The molecule has 114 valence electrons. The summed E-state index contributed by atoms with van der Waals surface area (Å²) in [6.07, 6.45) is -3.05. The number of hydrogen-bond donors (Lipinski definition) is 2. The van der Waals surface area contributed by atoms with E-state index < -0.39 is 17.8 Å². The Kier molecular flexibility index (Phi) is 5.68. The van der Waals surface area contributed by atoms with Crippen LogP contribution in [0.3, 0.4) is 0 Å². The fourth-order valence-corrected chi connectivity index (χ4v) is 2.33. The second-order valence-corrected chi connectivity index (χ2v) is 4.75. The van der Waals surface area contributed by atoms with Gasteiger partial charge in [-0.1, -0.05) is 0 Å². The fourth-order valence-electron chi connectivity index (χ4n) is 2.33. The Morgan fingerprint density at radius 1 is 1.25 bits per heavy atom. The molecule has 1 aromatic carbocycles. The van der Waals surface area contributed by atoms with Gasteiger partial charge in [-0.3, -0.25) is 0 Å². The maximum absolute atomic E-state index is 12.7. The van der Waals surface area contributed by atoms with Crippen molar-refractivity contribution in [1.29, 1.82) is 0 Å². The zero-order chi connectivity index (χ0) is 14.0. The molecule has 0 bridgehead atoms. The Balaban J connectivity index is 0.00000200. The third-order valence-electron chi connectivity index (χ3n) is 3.49. The first kappa shape index (κ1) is 17.1. The van der Waals surface area contributed by atoms with Gasteiger partial charge in [-0.15, -0.1) is 12.4 Å². The molecule has 1 heterocycles. The lowest BCUT2D eigenvalue weighted by Crippen LogP contribution is -2.27. The molecule has 0 spiro atoms. The second-order valence-electron chi connectivity index (χ2n) is 4.75. The highest BCUT2D eigenvalue weighted by atomic mass is 35.5. The number of rotatable bonds is 2. The molecule has 1 saturated heterocycles. The number of aromatic hydroxyl groups is 1. The van der Waals surface area contributed by atoms with E-state index in [1.807, 2.05) is 0 Å². The van der Waals surface area contributed by atoms with Crippen LogP contribution in [0.5, 0.6) is 5.75 Å². The summed E-state index contributed by atoms with van der Waals surface area (Å²) in [6.45, 7) is 1.11. The van der Waals surface area contributed by atoms with Gasteiger partial charge in [0.1, 0.15) is 5.75 Å². The minimum absolute atomic E-state index is 0. The van der Waals surface area contributed by atoms with Gasteiger partial charge in [-0.25, -0.2) is 0 Å². The summed E-state index contributed by atoms with van der Waals surface area (Å²) in [5.74, 6) is -0.157. The molecular formula is C13H17ClF3NO2. The zero-order valence-electron chi connectivity index (χ0n) is 10.7. The molecule has 3 N–H and O–H groups in total. The Labute approximate surface area is 121 Å². The topological polar surface area (TPSA) is 55.5 Å². The summed E-state index contributed by atoms with van der Waals surface area (Å²) >= 11 is 0. The van der Waals surface area contributed by atoms with E-state index in [1.165, 1.54) is 0 Å². The molecule has 1 aliphatic rings. The van der Waals surface area contributed by atoms with E-state index in [-0.39, 0.29) is 29.6 Å². The van der Waals surface area contributed by atoms with Gasteiger partial charge in [0.05, 0.1) is 5.56 Å². The van der Waals surface area contributed by atoms with Gasteiger partial charge in [0.25, 0.3) is 0 Å². The van der Waals surface area contributed by atoms with Gasteiger partial charge < -0.3 is 15.6 Å².